The van der Waals surface area contributed by atoms with E-state index in [0.717, 1.165) is 0 Å². The van der Waals surface area contributed by atoms with E-state index in [4.69, 9.17) is 0 Å². The molecule has 148 valence electrons. The molecule has 2 aromatic carbocycles. The number of halogens is 2. The Labute approximate surface area is 169 Å². The van der Waals surface area contributed by atoms with Crippen LogP contribution in [-0.2, 0) is 0 Å². The molecular formula is C17H12Cl2O9. The third-order valence-corrected chi connectivity index (χ3v) is 3.48. The highest BCUT2D eigenvalue weighted by Crippen LogP contribution is 2.27. The molecule has 0 bridgehead atoms. The monoisotopic (exact) mass is 430 g/mol. The largest absolute Gasteiger partial charge is 0.478 e. The summed E-state index contributed by atoms with van der Waals surface area (Å²) in [5, 5.41) is 37.1. The summed E-state index contributed by atoms with van der Waals surface area (Å²) in [6.07, 6.45) is 0. The Morgan fingerprint density at radius 3 is 1.39 bits per heavy atom. The molecule has 0 spiro atoms. The van der Waals surface area contributed by atoms with Crippen molar-refractivity contribution >= 4 is 54.5 Å². The van der Waals surface area contributed by atoms with E-state index in [2.05, 4.69) is 0 Å². The number of hydrogen-bond acceptors (Lipinski definition) is 5. The molecule has 0 saturated carbocycles. The second-order valence-corrected chi connectivity index (χ2v) is 5.01. The first-order valence-corrected chi connectivity index (χ1v) is 6.90. The molecular weight excluding hydrogens is 419 g/mol. The summed E-state index contributed by atoms with van der Waals surface area (Å²) in [6.45, 7) is 0. The average molecular weight is 431 g/mol. The highest BCUT2D eigenvalue weighted by atomic mass is 35.5. The zero-order chi connectivity index (χ0) is 19.6. The van der Waals surface area contributed by atoms with Crippen molar-refractivity contribution in [2.75, 3.05) is 0 Å². The number of rotatable bonds is 6. The van der Waals surface area contributed by atoms with E-state index in [1.807, 2.05) is 0 Å². The van der Waals surface area contributed by atoms with Crippen LogP contribution in [0.2, 0.25) is 0 Å². The van der Waals surface area contributed by atoms with Crippen LogP contribution >= 0.6 is 24.8 Å². The molecule has 0 aliphatic carbocycles. The van der Waals surface area contributed by atoms with Crippen LogP contribution in [0.5, 0.6) is 0 Å². The van der Waals surface area contributed by atoms with Crippen LogP contribution in [0.15, 0.2) is 36.4 Å². The van der Waals surface area contributed by atoms with E-state index in [-0.39, 0.29) is 30.4 Å². The predicted octanol–water partition coefficient (Wildman–Crippen LogP) is 2.55. The van der Waals surface area contributed by atoms with Crippen LogP contribution in [0.1, 0.15) is 57.4 Å². The molecule has 0 heterocycles. The number of carbonyl (C=O) groups is 5. The fourth-order valence-electron chi connectivity index (χ4n) is 2.43. The molecule has 2 aromatic rings. The fourth-order valence-corrected chi connectivity index (χ4v) is 2.43. The summed E-state index contributed by atoms with van der Waals surface area (Å²) < 4.78 is 0. The van der Waals surface area contributed by atoms with Crippen molar-refractivity contribution in [3.63, 3.8) is 0 Å². The van der Waals surface area contributed by atoms with Crippen molar-refractivity contribution < 1.29 is 44.4 Å². The lowest BCUT2D eigenvalue weighted by Gasteiger charge is -2.14. The number of ketones is 1. The summed E-state index contributed by atoms with van der Waals surface area (Å²) >= 11 is 0. The molecule has 28 heavy (non-hydrogen) atoms. The fraction of sp³-hybridized carbons (Fsp3) is 0. The van der Waals surface area contributed by atoms with Crippen LogP contribution in [0.4, 0.5) is 0 Å². The third kappa shape index (κ3) is 4.45. The molecule has 0 saturated heterocycles. The molecule has 0 aromatic heterocycles. The topological polar surface area (TPSA) is 166 Å². The van der Waals surface area contributed by atoms with Crippen LogP contribution in [0.25, 0.3) is 0 Å². The maximum Gasteiger partial charge on any atom is 0.337 e. The first-order chi connectivity index (χ1) is 12.2. The van der Waals surface area contributed by atoms with Gasteiger partial charge in [0.05, 0.1) is 22.3 Å². The lowest BCUT2D eigenvalue weighted by atomic mass is 9.88. The second-order valence-electron chi connectivity index (χ2n) is 5.01. The smallest absolute Gasteiger partial charge is 0.337 e. The second kappa shape index (κ2) is 9.49. The molecule has 0 amide bonds. The van der Waals surface area contributed by atoms with Gasteiger partial charge in [-0.25, -0.2) is 19.2 Å². The molecule has 0 atom stereocenters. The van der Waals surface area contributed by atoms with Crippen LogP contribution in [0, 0.1) is 0 Å². The van der Waals surface area contributed by atoms with Crippen LogP contribution in [-0.4, -0.2) is 50.1 Å². The molecule has 0 aliphatic rings. The Balaban J connectivity index is 0.00000364. The van der Waals surface area contributed by atoms with Gasteiger partial charge in [-0.2, -0.15) is 0 Å². The standard InChI is InChI=1S/C17H10O9.2ClH/c18-13(7-4-2-1-3-5-7)8-6-9(14(19)20)11(16(23)24)12(17(25)26)10(8)15(21)22;;/h1-6H,(H,19,20)(H,21,22)(H,23,24)(H,25,26);2*1H. The number of carboxylic acids is 4. The molecule has 0 fully saturated rings. The van der Waals surface area contributed by atoms with Gasteiger partial charge >= 0.3 is 23.9 Å². The number of benzene rings is 2. The first kappa shape index (κ1) is 24.6. The van der Waals surface area contributed by atoms with E-state index in [1.54, 1.807) is 6.07 Å². The van der Waals surface area contributed by atoms with E-state index < -0.39 is 57.5 Å². The highest BCUT2D eigenvalue weighted by molar-refractivity contribution is 6.21. The van der Waals surface area contributed by atoms with Gasteiger partial charge in [-0.15, -0.1) is 24.8 Å². The number of hydrogen-bond donors (Lipinski definition) is 4. The van der Waals surface area contributed by atoms with E-state index >= 15 is 0 Å². The molecule has 4 N–H and O–H groups in total. The minimum absolute atomic E-state index is 0. The van der Waals surface area contributed by atoms with Crippen molar-refractivity contribution in [3.8, 4) is 0 Å². The van der Waals surface area contributed by atoms with Crippen LogP contribution < -0.4 is 0 Å². The quantitative estimate of drug-likeness (QED) is 0.503. The summed E-state index contributed by atoms with van der Waals surface area (Å²) in [7, 11) is 0. The van der Waals surface area contributed by atoms with Gasteiger partial charge in [0.1, 0.15) is 0 Å². The van der Waals surface area contributed by atoms with Gasteiger partial charge in [-0.05, 0) is 6.07 Å². The Morgan fingerprint density at radius 1 is 0.571 bits per heavy atom. The third-order valence-electron chi connectivity index (χ3n) is 3.48. The molecule has 0 radical (unpaired) electrons. The lowest BCUT2D eigenvalue weighted by molar-refractivity contribution is 0.0618. The van der Waals surface area contributed by atoms with E-state index in [1.165, 1.54) is 24.3 Å². The summed E-state index contributed by atoms with van der Waals surface area (Å²) in [5.74, 6) is -8.57. The van der Waals surface area contributed by atoms with Crippen LogP contribution in [0.3, 0.4) is 0 Å². The van der Waals surface area contributed by atoms with Crippen molar-refractivity contribution in [1.82, 2.24) is 0 Å². The van der Waals surface area contributed by atoms with Gasteiger partial charge in [-0.3, -0.25) is 4.79 Å². The van der Waals surface area contributed by atoms with Gasteiger partial charge in [0.2, 0.25) is 0 Å². The van der Waals surface area contributed by atoms with Gasteiger partial charge < -0.3 is 20.4 Å². The van der Waals surface area contributed by atoms with Crippen molar-refractivity contribution in [1.29, 1.82) is 0 Å². The summed E-state index contributed by atoms with van der Waals surface area (Å²) in [4.78, 5) is 58.4. The maximum atomic E-state index is 12.6. The van der Waals surface area contributed by atoms with Crippen molar-refractivity contribution in [3.05, 3.63) is 69.8 Å². The molecule has 11 heteroatoms. The first-order valence-electron chi connectivity index (χ1n) is 6.90. The Kier molecular flexibility index (Phi) is 8.33. The number of carboxylic acid groups (broad SMARTS) is 4. The Morgan fingerprint density at radius 2 is 1.00 bits per heavy atom. The molecule has 0 unspecified atom stereocenters. The highest BCUT2D eigenvalue weighted by Gasteiger charge is 2.34. The Hall–Kier alpha value is -3.43. The van der Waals surface area contributed by atoms with E-state index in [9.17, 15) is 44.4 Å². The van der Waals surface area contributed by atoms with Gasteiger partial charge in [0, 0.05) is 11.1 Å². The zero-order valence-corrected chi connectivity index (χ0v) is 15.2. The molecule has 9 nitrogen and oxygen atoms in total. The average Bonchev–Trinajstić information content (AvgIpc) is 2.59. The maximum absolute atomic E-state index is 12.6. The normalized spacial score (nSPS) is 9.43. The SMILES string of the molecule is Cl.Cl.O=C(O)c1cc(C(=O)c2ccccc2)c(C(=O)O)c(C(=O)O)c1C(=O)O. The minimum atomic E-state index is -1.98. The number of aromatic carboxylic acids is 4. The zero-order valence-electron chi connectivity index (χ0n) is 13.6. The lowest BCUT2D eigenvalue weighted by Crippen LogP contribution is -2.23. The predicted molar refractivity (Wildman–Crippen MR) is 98.6 cm³/mol. The Bertz CT molecular complexity index is 968. The van der Waals surface area contributed by atoms with Gasteiger partial charge in [-0.1, -0.05) is 30.3 Å². The van der Waals surface area contributed by atoms with Crippen molar-refractivity contribution in [2.45, 2.75) is 0 Å². The summed E-state index contributed by atoms with van der Waals surface area (Å²) in [6, 6.07) is 7.72. The van der Waals surface area contributed by atoms with Gasteiger partial charge in [0.15, 0.2) is 5.78 Å². The van der Waals surface area contributed by atoms with Crippen molar-refractivity contribution in [2.24, 2.45) is 0 Å². The number of carbonyl (C=O) groups excluding carboxylic acids is 1. The minimum Gasteiger partial charge on any atom is -0.478 e. The van der Waals surface area contributed by atoms with E-state index in [0.29, 0.717) is 6.07 Å². The summed E-state index contributed by atoms with van der Waals surface area (Å²) in [5.41, 5.74) is -5.33. The molecule has 2 rings (SSSR count). The molecule has 0 aliphatic heterocycles. The van der Waals surface area contributed by atoms with Gasteiger partial charge in [0.25, 0.3) is 0 Å².